The number of ether oxygens (including phenoxy) is 1. The first-order chi connectivity index (χ1) is 12.4. The minimum atomic E-state index is -0.288. The fourth-order valence-corrected chi connectivity index (χ4v) is 2.63. The molecule has 0 aromatic carbocycles. The van der Waals surface area contributed by atoms with Gasteiger partial charge in [0, 0.05) is 38.6 Å². The van der Waals surface area contributed by atoms with Gasteiger partial charge >= 0.3 is 0 Å². The minimum absolute atomic E-state index is 0.00859. The van der Waals surface area contributed by atoms with Crippen molar-refractivity contribution >= 4 is 11.8 Å². The fourth-order valence-electron chi connectivity index (χ4n) is 2.63. The van der Waals surface area contributed by atoms with Crippen molar-refractivity contribution in [2.45, 2.75) is 26.4 Å². The molecule has 0 atom stereocenters. The van der Waals surface area contributed by atoms with Crippen molar-refractivity contribution in [2.24, 2.45) is 7.05 Å². The van der Waals surface area contributed by atoms with Gasteiger partial charge in [-0.1, -0.05) is 0 Å². The van der Waals surface area contributed by atoms with Crippen molar-refractivity contribution in [1.29, 1.82) is 0 Å². The van der Waals surface area contributed by atoms with Gasteiger partial charge in [-0.25, -0.2) is 0 Å². The van der Waals surface area contributed by atoms with Crippen LogP contribution < -0.4 is 0 Å². The zero-order valence-corrected chi connectivity index (χ0v) is 15.8. The van der Waals surface area contributed by atoms with Crippen LogP contribution in [0.3, 0.4) is 0 Å². The topological polar surface area (TPSA) is 67.9 Å². The molecule has 0 aliphatic rings. The van der Waals surface area contributed by atoms with Gasteiger partial charge in [0.1, 0.15) is 6.54 Å². The monoisotopic (exact) mass is 361 g/mol. The average Bonchev–Trinajstić information content (AvgIpc) is 3.27. The summed E-state index contributed by atoms with van der Waals surface area (Å²) in [6, 6.07) is 7.05. The summed E-state index contributed by atoms with van der Waals surface area (Å²) < 4.78 is 12.3. The molecule has 0 bridgehead atoms. The Bertz CT molecular complexity index is 706. The van der Waals surface area contributed by atoms with Crippen LogP contribution in [0.5, 0.6) is 0 Å². The van der Waals surface area contributed by atoms with Crippen LogP contribution >= 0.6 is 0 Å². The highest BCUT2D eigenvalue weighted by atomic mass is 16.5. The molecule has 26 heavy (non-hydrogen) atoms. The van der Waals surface area contributed by atoms with Gasteiger partial charge in [0.2, 0.25) is 5.91 Å². The van der Waals surface area contributed by atoms with Crippen LogP contribution in [0, 0.1) is 0 Å². The molecule has 0 spiro atoms. The molecule has 0 radical (unpaired) electrons. The summed E-state index contributed by atoms with van der Waals surface area (Å²) in [5.74, 6) is -0.182. The van der Waals surface area contributed by atoms with Crippen molar-refractivity contribution in [3.05, 3.63) is 48.2 Å². The van der Waals surface area contributed by atoms with E-state index in [0.717, 1.165) is 5.69 Å². The Morgan fingerprint density at radius 1 is 1.27 bits per heavy atom. The number of hydrogen-bond donors (Lipinski definition) is 0. The largest absolute Gasteiger partial charge is 0.459 e. The van der Waals surface area contributed by atoms with E-state index in [9.17, 15) is 9.59 Å². The van der Waals surface area contributed by atoms with Crippen molar-refractivity contribution in [2.75, 3.05) is 26.8 Å². The maximum atomic E-state index is 12.9. The molecule has 0 unspecified atom stereocenters. The Morgan fingerprint density at radius 2 is 2.04 bits per heavy atom. The van der Waals surface area contributed by atoms with Crippen molar-refractivity contribution in [3.8, 4) is 0 Å². The minimum Gasteiger partial charge on any atom is -0.459 e. The lowest BCUT2D eigenvalue weighted by Gasteiger charge is -2.29. The third-order valence-corrected chi connectivity index (χ3v) is 4.24. The summed E-state index contributed by atoms with van der Waals surface area (Å²) in [4.78, 5) is 28.8. The van der Waals surface area contributed by atoms with Crippen LogP contribution in [0.15, 0.2) is 41.1 Å². The molecule has 2 heterocycles. The van der Waals surface area contributed by atoms with Gasteiger partial charge in [-0.15, -0.1) is 0 Å². The number of aromatic nitrogens is 1. The maximum absolute atomic E-state index is 12.9. The average molecular weight is 361 g/mol. The van der Waals surface area contributed by atoms with E-state index in [0.29, 0.717) is 19.7 Å². The number of methoxy groups -OCH3 is 1. The number of furan rings is 1. The van der Waals surface area contributed by atoms with Crippen LogP contribution in [0.4, 0.5) is 0 Å². The van der Waals surface area contributed by atoms with Gasteiger partial charge in [-0.05, 0) is 38.1 Å². The third kappa shape index (κ3) is 4.98. The van der Waals surface area contributed by atoms with E-state index in [1.807, 2.05) is 43.8 Å². The lowest BCUT2D eigenvalue weighted by molar-refractivity contribution is -0.133. The molecule has 0 N–H and O–H groups in total. The summed E-state index contributed by atoms with van der Waals surface area (Å²) >= 11 is 0. The number of amides is 2. The molecule has 0 saturated carbocycles. The molecule has 0 saturated heterocycles. The highest BCUT2D eigenvalue weighted by molar-refractivity contribution is 5.94. The molecule has 0 aliphatic carbocycles. The fraction of sp³-hybridized carbons (Fsp3) is 0.474. The maximum Gasteiger partial charge on any atom is 0.290 e. The number of carbonyl (C=O) groups is 2. The first-order valence-corrected chi connectivity index (χ1v) is 8.65. The predicted molar refractivity (Wildman–Crippen MR) is 97.6 cm³/mol. The Hall–Kier alpha value is -2.54. The summed E-state index contributed by atoms with van der Waals surface area (Å²) in [6.07, 6.45) is 3.39. The second kappa shape index (κ2) is 9.24. The highest BCUT2D eigenvalue weighted by Gasteiger charge is 2.26. The molecule has 2 aromatic heterocycles. The standard InChI is InChI=1S/C19H27N3O4/c1-15(2)22(19(24)17-8-6-11-26-17)14-18(23)21(10-12-25-4)13-16-7-5-9-20(16)3/h5-9,11,15H,10,12-14H2,1-4H3. The Morgan fingerprint density at radius 3 is 2.58 bits per heavy atom. The summed E-state index contributed by atoms with van der Waals surface area (Å²) in [7, 11) is 3.54. The van der Waals surface area contributed by atoms with Gasteiger partial charge in [-0.3, -0.25) is 9.59 Å². The van der Waals surface area contributed by atoms with E-state index in [1.54, 1.807) is 24.1 Å². The number of nitrogens with zero attached hydrogens (tertiary/aromatic N) is 3. The van der Waals surface area contributed by atoms with Crippen molar-refractivity contribution < 1.29 is 18.7 Å². The Balaban J connectivity index is 2.12. The number of hydrogen-bond acceptors (Lipinski definition) is 4. The molecule has 7 heteroatoms. The Labute approximate surface area is 154 Å². The highest BCUT2D eigenvalue weighted by Crippen LogP contribution is 2.11. The van der Waals surface area contributed by atoms with E-state index in [-0.39, 0.29) is 30.2 Å². The zero-order valence-electron chi connectivity index (χ0n) is 15.8. The molecule has 0 aliphatic heterocycles. The van der Waals surface area contributed by atoms with E-state index in [1.165, 1.54) is 11.2 Å². The van der Waals surface area contributed by atoms with E-state index in [4.69, 9.17) is 9.15 Å². The first kappa shape index (κ1) is 19.8. The summed E-state index contributed by atoms with van der Waals surface area (Å²) in [6.45, 7) is 5.11. The molecule has 2 amide bonds. The van der Waals surface area contributed by atoms with Crippen LogP contribution in [0.25, 0.3) is 0 Å². The zero-order chi connectivity index (χ0) is 19.1. The van der Waals surface area contributed by atoms with Gasteiger partial charge in [0.05, 0.1) is 19.4 Å². The second-order valence-electron chi connectivity index (χ2n) is 6.42. The van der Waals surface area contributed by atoms with Gasteiger partial charge in [0.15, 0.2) is 5.76 Å². The smallest absolute Gasteiger partial charge is 0.290 e. The van der Waals surface area contributed by atoms with Crippen LogP contribution in [0.2, 0.25) is 0 Å². The van der Waals surface area contributed by atoms with E-state index in [2.05, 4.69) is 0 Å². The van der Waals surface area contributed by atoms with Crippen molar-refractivity contribution in [1.82, 2.24) is 14.4 Å². The second-order valence-corrected chi connectivity index (χ2v) is 6.42. The SMILES string of the molecule is COCCN(Cc1cccn1C)C(=O)CN(C(=O)c1ccco1)C(C)C. The van der Waals surface area contributed by atoms with Gasteiger partial charge < -0.3 is 23.5 Å². The first-order valence-electron chi connectivity index (χ1n) is 8.65. The van der Waals surface area contributed by atoms with E-state index >= 15 is 0 Å². The summed E-state index contributed by atoms with van der Waals surface area (Å²) in [5.41, 5.74) is 1.02. The molecular formula is C19H27N3O4. The Kier molecular flexibility index (Phi) is 7.03. The molecule has 2 aromatic rings. The van der Waals surface area contributed by atoms with Crippen LogP contribution in [-0.2, 0) is 23.1 Å². The van der Waals surface area contributed by atoms with Gasteiger partial charge in [-0.2, -0.15) is 0 Å². The lowest BCUT2D eigenvalue weighted by Crippen LogP contribution is -2.46. The number of carbonyl (C=O) groups excluding carboxylic acids is 2. The molecule has 142 valence electrons. The normalized spacial score (nSPS) is 11.0. The molecular weight excluding hydrogens is 334 g/mol. The molecule has 2 rings (SSSR count). The third-order valence-electron chi connectivity index (χ3n) is 4.24. The lowest BCUT2D eigenvalue weighted by atomic mass is 10.2. The molecule has 0 fully saturated rings. The van der Waals surface area contributed by atoms with Crippen LogP contribution in [-0.4, -0.2) is 59.0 Å². The van der Waals surface area contributed by atoms with E-state index < -0.39 is 0 Å². The number of rotatable bonds is 9. The van der Waals surface area contributed by atoms with Gasteiger partial charge in [0.25, 0.3) is 5.91 Å². The quantitative estimate of drug-likeness (QED) is 0.686. The molecule has 7 nitrogen and oxygen atoms in total. The predicted octanol–water partition coefficient (Wildman–Crippen LogP) is 2.14. The number of aryl methyl sites for hydroxylation is 1. The van der Waals surface area contributed by atoms with Crippen molar-refractivity contribution in [3.63, 3.8) is 0 Å². The van der Waals surface area contributed by atoms with Crippen LogP contribution in [0.1, 0.15) is 30.1 Å². The summed E-state index contributed by atoms with van der Waals surface area (Å²) in [5, 5.41) is 0.